The van der Waals surface area contributed by atoms with E-state index in [2.05, 4.69) is 46.7 Å². The molecule has 0 atom stereocenters. The quantitative estimate of drug-likeness (QED) is 0.605. The molecule has 0 radical (unpaired) electrons. The third-order valence-electron chi connectivity index (χ3n) is 1.28. The van der Waals surface area contributed by atoms with E-state index in [0.29, 0.717) is 0 Å². The normalized spacial score (nSPS) is 11.2. The zero-order chi connectivity index (χ0) is 10.2. The smallest absolute Gasteiger partial charge is 0.146 e. The second-order valence-electron chi connectivity index (χ2n) is 4.12. The molecule has 0 heterocycles. The largest absolute Gasteiger partial charge is 0.423 e. The van der Waals surface area contributed by atoms with Crippen molar-refractivity contribution < 1.29 is 4.43 Å². The lowest BCUT2D eigenvalue weighted by Gasteiger charge is -2.15. The van der Waals surface area contributed by atoms with Crippen LogP contribution in [0.3, 0.4) is 0 Å². The fraction of sp³-hybridized carbons (Fsp3) is 1.00. The van der Waals surface area contributed by atoms with Gasteiger partial charge in [-0.25, -0.2) is 0 Å². The highest BCUT2D eigenvalue weighted by Gasteiger charge is 2.03. The van der Waals surface area contributed by atoms with Gasteiger partial charge in [0.15, 0.2) is 0 Å². The highest BCUT2D eigenvalue weighted by Crippen LogP contribution is 2.01. The monoisotopic (exact) mass is 191 g/mol. The van der Waals surface area contributed by atoms with Crippen LogP contribution in [-0.4, -0.2) is 41.6 Å². The van der Waals surface area contributed by atoms with E-state index in [-0.39, 0.29) is 5.60 Å². The lowest BCUT2D eigenvalue weighted by Crippen LogP contribution is -2.16. The lowest BCUT2D eigenvalue weighted by molar-refractivity contribution is 0.147. The van der Waals surface area contributed by atoms with Crippen LogP contribution in [0.5, 0.6) is 0 Å². The molecule has 0 aromatic heterocycles. The summed E-state index contributed by atoms with van der Waals surface area (Å²) in [6.45, 7) is 9.56. The molecule has 0 bridgehead atoms. The molecular weight excluding hydrogens is 166 g/mol. The van der Waals surface area contributed by atoms with Crippen molar-refractivity contribution in [3.8, 4) is 0 Å². The van der Waals surface area contributed by atoms with Gasteiger partial charge in [-0.2, -0.15) is 0 Å². The first-order chi connectivity index (χ1) is 5.33. The Bertz CT molecular complexity index is 89.0. The molecule has 0 fully saturated rings. The van der Waals surface area contributed by atoms with Crippen molar-refractivity contribution in [2.45, 2.75) is 39.7 Å². The SMILES string of the molecule is CC(C)(C)O[SiH3].CCCN(C)C. The molecule has 76 valence electrons. The molecule has 0 spiro atoms. The summed E-state index contributed by atoms with van der Waals surface area (Å²) < 4.78 is 5.08. The van der Waals surface area contributed by atoms with Crippen LogP contribution in [0.1, 0.15) is 34.1 Å². The van der Waals surface area contributed by atoms with Crippen LogP contribution in [-0.2, 0) is 4.43 Å². The van der Waals surface area contributed by atoms with Crippen molar-refractivity contribution in [2.24, 2.45) is 0 Å². The van der Waals surface area contributed by atoms with Gasteiger partial charge in [0.2, 0.25) is 0 Å². The molecule has 0 aromatic carbocycles. The van der Waals surface area contributed by atoms with Gasteiger partial charge >= 0.3 is 0 Å². The van der Waals surface area contributed by atoms with E-state index in [0.717, 1.165) is 10.5 Å². The van der Waals surface area contributed by atoms with Crippen molar-refractivity contribution in [2.75, 3.05) is 20.6 Å². The Kier molecular flexibility index (Phi) is 9.48. The Morgan fingerprint density at radius 1 is 1.25 bits per heavy atom. The maximum atomic E-state index is 5.08. The number of hydrogen-bond donors (Lipinski definition) is 0. The van der Waals surface area contributed by atoms with Crippen molar-refractivity contribution in [1.82, 2.24) is 4.90 Å². The van der Waals surface area contributed by atoms with E-state index >= 15 is 0 Å². The molecule has 2 nitrogen and oxygen atoms in total. The molecule has 0 aliphatic rings. The van der Waals surface area contributed by atoms with Crippen molar-refractivity contribution in [1.29, 1.82) is 0 Å². The summed E-state index contributed by atoms with van der Waals surface area (Å²) in [4.78, 5) is 2.18. The van der Waals surface area contributed by atoms with Gasteiger partial charge in [-0.3, -0.25) is 0 Å². The summed E-state index contributed by atoms with van der Waals surface area (Å²) in [6.07, 6.45) is 1.26. The molecule has 0 saturated heterocycles. The highest BCUT2D eigenvalue weighted by atomic mass is 28.2. The molecule has 3 heteroatoms. The van der Waals surface area contributed by atoms with Gasteiger partial charge in [0, 0.05) is 5.60 Å². The van der Waals surface area contributed by atoms with E-state index in [1.807, 2.05) is 0 Å². The van der Waals surface area contributed by atoms with Crippen LogP contribution in [0.2, 0.25) is 0 Å². The molecule has 0 aliphatic heterocycles. The minimum absolute atomic E-state index is 0.103. The Morgan fingerprint density at radius 3 is 1.58 bits per heavy atom. The maximum absolute atomic E-state index is 5.08. The van der Waals surface area contributed by atoms with E-state index in [4.69, 9.17) is 4.43 Å². The third kappa shape index (κ3) is 22.5. The Labute approximate surface area is 80.8 Å². The predicted molar refractivity (Wildman–Crippen MR) is 59.6 cm³/mol. The van der Waals surface area contributed by atoms with Crippen LogP contribution in [0.15, 0.2) is 0 Å². The van der Waals surface area contributed by atoms with E-state index < -0.39 is 0 Å². The lowest BCUT2D eigenvalue weighted by atomic mass is 10.2. The van der Waals surface area contributed by atoms with Crippen molar-refractivity contribution >= 4 is 10.5 Å². The standard InChI is InChI=1S/C5H13N.C4H12OSi/c1-4-5-6(2)3;1-4(2,3)5-6/h4-5H2,1-3H3;1-3,6H3. The fourth-order valence-electron chi connectivity index (χ4n) is 0.447. The van der Waals surface area contributed by atoms with Gasteiger partial charge in [0.1, 0.15) is 10.5 Å². The molecule has 12 heavy (non-hydrogen) atoms. The van der Waals surface area contributed by atoms with E-state index in [1.165, 1.54) is 13.0 Å². The van der Waals surface area contributed by atoms with Crippen LogP contribution in [0.4, 0.5) is 0 Å². The molecular formula is C9H25NOSi. The van der Waals surface area contributed by atoms with Gasteiger partial charge in [-0.1, -0.05) is 6.92 Å². The summed E-state index contributed by atoms with van der Waals surface area (Å²) in [5.41, 5.74) is 0.103. The van der Waals surface area contributed by atoms with Gasteiger partial charge in [0.25, 0.3) is 0 Å². The van der Waals surface area contributed by atoms with Crippen molar-refractivity contribution in [3.05, 3.63) is 0 Å². The minimum atomic E-state index is 0.103. The summed E-state index contributed by atoms with van der Waals surface area (Å²) >= 11 is 0. The molecule has 0 amide bonds. The minimum Gasteiger partial charge on any atom is -0.423 e. The molecule has 0 unspecified atom stereocenters. The second kappa shape index (κ2) is 7.77. The second-order valence-corrected chi connectivity index (χ2v) is 4.53. The Morgan fingerprint density at radius 2 is 1.58 bits per heavy atom. The van der Waals surface area contributed by atoms with Crippen LogP contribution in [0.25, 0.3) is 0 Å². The Hall–Kier alpha value is 0.137. The number of hydrogen-bond acceptors (Lipinski definition) is 2. The molecule has 0 rings (SSSR count). The fourth-order valence-corrected chi connectivity index (χ4v) is 0.447. The van der Waals surface area contributed by atoms with Gasteiger partial charge in [-0.15, -0.1) is 0 Å². The average molecular weight is 191 g/mol. The van der Waals surface area contributed by atoms with Crippen LogP contribution < -0.4 is 0 Å². The first-order valence-corrected chi connectivity index (χ1v) is 5.35. The van der Waals surface area contributed by atoms with Gasteiger partial charge < -0.3 is 9.33 Å². The Balaban J connectivity index is 0. The summed E-state index contributed by atoms with van der Waals surface area (Å²) in [5, 5.41) is 0. The van der Waals surface area contributed by atoms with Gasteiger partial charge in [0.05, 0.1) is 0 Å². The molecule has 0 aliphatic carbocycles. The summed E-state index contributed by atoms with van der Waals surface area (Å²) in [5.74, 6) is 0. The van der Waals surface area contributed by atoms with Crippen molar-refractivity contribution in [3.63, 3.8) is 0 Å². The summed E-state index contributed by atoms with van der Waals surface area (Å²) in [7, 11) is 5.02. The molecule has 0 N–H and O–H groups in total. The van der Waals surface area contributed by atoms with Crippen LogP contribution in [0, 0.1) is 0 Å². The van der Waals surface area contributed by atoms with Gasteiger partial charge in [-0.05, 0) is 47.8 Å². The topological polar surface area (TPSA) is 12.5 Å². The number of nitrogens with zero attached hydrogens (tertiary/aromatic N) is 1. The van der Waals surface area contributed by atoms with Crippen LogP contribution >= 0.6 is 0 Å². The maximum Gasteiger partial charge on any atom is 0.146 e. The molecule has 0 saturated carbocycles. The van der Waals surface area contributed by atoms with E-state index in [1.54, 1.807) is 0 Å². The summed E-state index contributed by atoms with van der Waals surface area (Å²) in [6, 6.07) is 0. The molecule has 0 aromatic rings. The third-order valence-corrected chi connectivity index (χ3v) is 2.51. The highest BCUT2D eigenvalue weighted by molar-refractivity contribution is 5.98. The first kappa shape index (κ1) is 14.6. The first-order valence-electron chi connectivity index (χ1n) is 4.53. The average Bonchev–Trinajstić information content (AvgIpc) is 1.87. The predicted octanol–water partition coefficient (Wildman–Crippen LogP) is 1.04. The van der Waals surface area contributed by atoms with E-state index in [9.17, 15) is 0 Å². The zero-order valence-corrected chi connectivity index (χ0v) is 11.8. The number of rotatable bonds is 2. The zero-order valence-electron chi connectivity index (χ0n) is 9.77.